The van der Waals surface area contributed by atoms with E-state index in [1.807, 2.05) is 60.7 Å². The molecule has 2 aromatic rings. The van der Waals surface area contributed by atoms with Crippen LogP contribution in [0.25, 0.3) is 0 Å². The van der Waals surface area contributed by atoms with Gasteiger partial charge < -0.3 is 19.7 Å². The van der Waals surface area contributed by atoms with E-state index in [2.05, 4.69) is 0 Å². The lowest BCUT2D eigenvalue weighted by atomic mass is 10.1. The highest BCUT2D eigenvalue weighted by Gasteiger charge is 2.60. The number of hydrogen-bond donors (Lipinski definition) is 2. The van der Waals surface area contributed by atoms with Gasteiger partial charge in [0.15, 0.2) is 0 Å². The van der Waals surface area contributed by atoms with Crippen molar-refractivity contribution >= 4 is 12.2 Å². The number of benzene rings is 2. The first kappa shape index (κ1) is 19.2. The number of nitrogens with zero attached hydrogens (tertiary/aromatic N) is 2. The normalized spacial score (nSPS) is 25.2. The minimum Gasteiger partial charge on any atom is -0.443 e. The minimum atomic E-state index is -1.15. The molecule has 0 radical (unpaired) electrons. The Balaban J connectivity index is 1.46. The smallest absolute Gasteiger partial charge is 0.429 e. The zero-order valence-electron chi connectivity index (χ0n) is 15.6. The van der Waals surface area contributed by atoms with Crippen LogP contribution in [0.3, 0.4) is 0 Å². The molecule has 1 aliphatic carbocycles. The van der Waals surface area contributed by atoms with Crippen molar-refractivity contribution in [1.29, 1.82) is 0 Å². The summed E-state index contributed by atoms with van der Waals surface area (Å²) >= 11 is 0. The molecule has 1 heterocycles. The van der Waals surface area contributed by atoms with Crippen LogP contribution in [-0.4, -0.2) is 56.7 Å². The van der Waals surface area contributed by atoms with Crippen molar-refractivity contribution in [2.24, 2.45) is 0 Å². The van der Waals surface area contributed by atoms with Crippen LogP contribution in [0.15, 0.2) is 60.7 Å². The maximum Gasteiger partial charge on any atom is 0.429 e. The summed E-state index contributed by atoms with van der Waals surface area (Å²) in [6, 6.07) is 16.8. The number of rotatable bonds is 4. The Labute approximate surface area is 167 Å². The van der Waals surface area contributed by atoms with E-state index < -0.39 is 36.5 Å². The van der Waals surface area contributed by atoms with Gasteiger partial charge in [-0.15, -0.1) is 0 Å². The summed E-state index contributed by atoms with van der Waals surface area (Å²) < 4.78 is 10.7. The van der Waals surface area contributed by atoms with E-state index in [1.54, 1.807) is 0 Å². The number of ether oxygens (including phenoxy) is 2. The van der Waals surface area contributed by atoms with E-state index in [9.17, 15) is 19.8 Å². The van der Waals surface area contributed by atoms with Crippen molar-refractivity contribution in [3.8, 4) is 0 Å². The monoisotopic (exact) mass is 398 g/mol. The average Bonchev–Trinajstić information content (AvgIpc) is 3.28. The number of amides is 2. The van der Waals surface area contributed by atoms with E-state index in [0.717, 1.165) is 21.1 Å². The Hall–Kier alpha value is -3.10. The topological polar surface area (TPSA) is 99.5 Å². The zero-order valence-corrected chi connectivity index (χ0v) is 15.6. The third-order valence-electron chi connectivity index (χ3n) is 5.27. The molecule has 8 heteroatoms. The van der Waals surface area contributed by atoms with Gasteiger partial charge in [-0.25, -0.2) is 19.6 Å². The van der Waals surface area contributed by atoms with Gasteiger partial charge >= 0.3 is 12.2 Å². The van der Waals surface area contributed by atoms with Gasteiger partial charge in [0.25, 0.3) is 0 Å². The van der Waals surface area contributed by atoms with Gasteiger partial charge in [-0.2, -0.15) is 0 Å². The molecule has 152 valence electrons. The summed E-state index contributed by atoms with van der Waals surface area (Å²) in [5.74, 6) is 0. The summed E-state index contributed by atoms with van der Waals surface area (Å²) in [7, 11) is 0. The summed E-state index contributed by atoms with van der Waals surface area (Å²) in [6.45, 7) is 0.0538. The SMILES string of the molecule is O=C(OCc1ccccc1)N1[C@@H]2C[C@@H]([C@@H](O)[C@H]2O)N1C(=O)OCc1ccccc1. The maximum absolute atomic E-state index is 12.7. The van der Waals surface area contributed by atoms with Crippen LogP contribution in [0.1, 0.15) is 17.5 Å². The molecule has 1 saturated heterocycles. The highest BCUT2D eigenvalue weighted by molar-refractivity contribution is 5.76. The predicted molar refractivity (Wildman–Crippen MR) is 101 cm³/mol. The maximum atomic E-state index is 12.7. The Kier molecular flexibility index (Phi) is 5.37. The first-order chi connectivity index (χ1) is 14.1. The number of carbonyl (C=O) groups is 2. The van der Waals surface area contributed by atoms with Crippen molar-refractivity contribution in [3.63, 3.8) is 0 Å². The number of hydrogen-bond acceptors (Lipinski definition) is 6. The van der Waals surface area contributed by atoms with Gasteiger partial charge in [0.05, 0.1) is 12.1 Å². The van der Waals surface area contributed by atoms with Gasteiger partial charge in [0, 0.05) is 0 Å². The Morgan fingerprint density at radius 3 is 1.52 bits per heavy atom. The van der Waals surface area contributed by atoms with Crippen molar-refractivity contribution in [2.45, 2.75) is 43.9 Å². The van der Waals surface area contributed by atoms with Gasteiger partial charge in [0.2, 0.25) is 0 Å². The van der Waals surface area contributed by atoms with E-state index in [0.29, 0.717) is 0 Å². The fraction of sp³-hybridized carbons (Fsp3) is 0.333. The van der Waals surface area contributed by atoms with Crippen LogP contribution < -0.4 is 0 Å². The van der Waals surface area contributed by atoms with Gasteiger partial charge in [0.1, 0.15) is 25.4 Å². The molecule has 2 fully saturated rings. The first-order valence-electron chi connectivity index (χ1n) is 9.42. The van der Waals surface area contributed by atoms with E-state index in [4.69, 9.17) is 9.47 Å². The molecule has 2 N–H and O–H groups in total. The Bertz CT molecular complexity index is 790. The summed E-state index contributed by atoms with van der Waals surface area (Å²) in [6.07, 6.45) is -3.60. The quantitative estimate of drug-likeness (QED) is 0.818. The van der Waals surface area contributed by atoms with Gasteiger partial charge in [-0.05, 0) is 17.5 Å². The Morgan fingerprint density at radius 2 is 1.14 bits per heavy atom. The molecule has 4 atom stereocenters. The highest BCUT2D eigenvalue weighted by Crippen LogP contribution is 2.39. The van der Waals surface area contributed by atoms with Crippen molar-refractivity contribution in [3.05, 3.63) is 71.8 Å². The third kappa shape index (κ3) is 3.76. The van der Waals surface area contributed by atoms with Gasteiger partial charge in [-0.1, -0.05) is 60.7 Å². The molecule has 0 aromatic heterocycles. The second-order valence-electron chi connectivity index (χ2n) is 7.12. The molecule has 2 bridgehead atoms. The van der Waals surface area contributed by atoms with Crippen molar-refractivity contribution < 1.29 is 29.3 Å². The van der Waals surface area contributed by atoms with E-state index >= 15 is 0 Å². The van der Waals surface area contributed by atoms with Crippen molar-refractivity contribution in [2.75, 3.05) is 0 Å². The van der Waals surface area contributed by atoms with Crippen molar-refractivity contribution in [1.82, 2.24) is 10.0 Å². The van der Waals surface area contributed by atoms with Crippen LogP contribution in [-0.2, 0) is 22.7 Å². The Morgan fingerprint density at radius 1 is 0.759 bits per heavy atom. The molecule has 1 saturated carbocycles. The molecule has 1 aliphatic heterocycles. The van der Waals surface area contributed by atoms with Crippen LogP contribution >= 0.6 is 0 Å². The molecular formula is C21H22N2O6. The summed E-state index contributed by atoms with van der Waals surface area (Å²) in [4.78, 5) is 25.4. The van der Waals surface area contributed by atoms with Crippen LogP contribution in [0.4, 0.5) is 9.59 Å². The molecule has 0 unspecified atom stereocenters. The third-order valence-corrected chi connectivity index (χ3v) is 5.27. The molecule has 0 spiro atoms. The molecule has 29 heavy (non-hydrogen) atoms. The lowest BCUT2D eigenvalue weighted by Gasteiger charge is -2.40. The van der Waals surface area contributed by atoms with Gasteiger partial charge in [-0.3, -0.25) is 0 Å². The number of aliphatic hydroxyl groups is 2. The molecule has 2 amide bonds. The van der Waals surface area contributed by atoms with Crippen LogP contribution in [0, 0.1) is 0 Å². The minimum absolute atomic E-state index is 0.0269. The highest BCUT2D eigenvalue weighted by atomic mass is 16.6. The summed E-state index contributed by atoms with van der Waals surface area (Å²) in [5, 5.41) is 22.6. The fourth-order valence-electron chi connectivity index (χ4n) is 3.81. The molecule has 2 aliphatic rings. The largest absolute Gasteiger partial charge is 0.443 e. The second-order valence-corrected chi connectivity index (χ2v) is 7.12. The summed E-state index contributed by atoms with van der Waals surface area (Å²) in [5.41, 5.74) is 1.59. The van der Waals surface area contributed by atoms with E-state index in [1.165, 1.54) is 0 Å². The predicted octanol–water partition coefficient (Wildman–Crippen LogP) is 2.06. The molecular weight excluding hydrogens is 376 g/mol. The lowest BCUT2D eigenvalue weighted by molar-refractivity contribution is -0.126. The first-order valence-corrected chi connectivity index (χ1v) is 9.42. The van der Waals surface area contributed by atoms with E-state index in [-0.39, 0.29) is 19.6 Å². The number of hydrazine groups is 1. The molecule has 4 rings (SSSR count). The number of carbonyl (C=O) groups excluding carboxylic acids is 2. The standard InChI is InChI=1S/C21H22N2O6/c24-18-16-11-17(19(18)25)23(21(27)29-13-15-9-5-2-6-10-15)22(16)20(26)28-12-14-7-3-1-4-8-14/h1-10,16-19,24-25H,11-13H2/t16-,17+,18+,19-. The molecule has 8 nitrogen and oxygen atoms in total. The lowest BCUT2D eigenvalue weighted by Crippen LogP contribution is -2.62. The average molecular weight is 398 g/mol. The zero-order chi connectivity index (χ0) is 20.4. The van der Waals surface area contributed by atoms with Crippen LogP contribution in [0.2, 0.25) is 0 Å². The number of fused-ring (bicyclic) bond motifs is 2. The number of aliphatic hydroxyl groups excluding tert-OH is 2. The molecule has 2 aromatic carbocycles. The second kappa shape index (κ2) is 8.10. The van der Waals surface area contributed by atoms with Crippen LogP contribution in [0.5, 0.6) is 0 Å². The fourth-order valence-corrected chi connectivity index (χ4v) is 3.81.